The Labute approximate surface area is 240 Å². The second kappa shape index (κ2) is 19.1. The lowest BCUT2D eigenvalue weighted by molar-refractivity contribution is -0.181. The summed E-state index contributed by atoms with van der Waals surface area (Å²) in [5.41, 5.74) is -2.40. The van der Waals surface area contributed by atoms with Crippen molar-refractivity contribution in [3.63, 3.8) is 0 Å². The van der Waals surface area contributed by atoms with Gasteiger partial charge in [0.2, 0.25) is 0 Å². The van der Waals surface area contributed by atoms with Crippen LogP contribution in [0.25, 0.3) is 0 Å². The molecule has 5 heteroatoms. The van der Waals surface area contributed by atoms with Crippen molar-refractivity contribution in [3.05, 3.63) is 0 Å². The number of fused-ring (bicyclic) bond motifs is 1. The fraction of sp³-hybridized carbons (Fsp3) is 0.941. The molecule has 2 rings (SSSR count). The Bertz CT molecular complexity index is 622. The lowest BCUT2D eigenvalue weighted by Crippen LogP contribution is -2.56. The highest BCUT2D eigenvalue weighted by atomic mass is 16.6. The molecular weight excluding hydrogens is 488 g/mol. The van der Waals surface area contributed by atoms with E-state index in [1.165, 1.54) is 103 Å². The highest BCUT2D eigenvalue weighted by molar-refractivity contribution is 5.87. The predicted molar refractivity (Wildman–Crippen MR) is 160 cm³/mol. The van der Waals surface area contributed by atoms with Crippen molar-refractivity contribution >= 4 is 11.9 Å². The van der Waals surface area contributed by atoms with Crippen LogP contribution in [-0.4, -0.2) is 34.4 Å². The van der Waals surface area contributed by atoms with E-state index >= 15 is 0 Å². The van der Waals surface area contributed by atoms with Gasteiger partial charge in [-0.2, -0.15) is 0 Å². The van der Waals surface area contributed by atoms with Crippen LogP contribution < -0.4 is 0 Å². The number of carbonyl (C=O) groups is 2. The van der Waals surface area contributed by atoms with E-state index in [-0.39, 0.29) is 12.2 Å². The molecule has 4 atom stereocenters. The Balaban J connectivity index is 1.78. The number of aliphatic carboxylic acids is 2. The number of hydrogen-bond acceptors (Lipinski definition) is 3. The third kappa shape index (κ3) is 11.0. The molecule has 2 aliphatic rings. The summed E-state index contributed by atoms with van der Waals surface area (Å²) in [6.07, 6.45) is 28.2. The van der Waals surface area contributed by atoms with Gasteiger partial charge in [0.15, 0.2) is 0 Å². The maximum atomic E-state index is 12.9. The number of epoxide rings is 1. The quantitative estimate of drug-likeness (QED) is 0.0826. The molecule has 0 aromatic heterocycles. The molecule has 1 aliphatic carbocycles. The van der Waals surface area contributed by atoms with Crippen molar-refractivity contribution in [3.8, 4) is 0 Å². The molecule has 0 bridgehead atoms. The van der Waals surface area contributed by atoms with Gasteiger partial charge in [-0.1, -0.05) is 155 Å². The molecule has 0 aromatic rings. The van der Waals surface area contributed by atoms with Gasteiger partial charge in [-0.25, -0.2) is 0 Å². The minimum absolute atomic E-state index is 0.0568. The second-order valence-electron chi connectivity index (χ2n) is 13.0. The third-order valence-electron chi connectivity index (χ3n) is 9.94. The van der Waals surface area contributed by atoms with Crippen molar-refractivity contribution in [1.82, 2.24) is 0 Å². The van der Waals surface area contributed by atoms with Crippen LogP contribution in [0.5, 0.6) is 0 Å². The third-order valence-corrected chi connectivity index (χ3v) is 9.94. The molecule has 0 amide bonds. The van der Waals surface area contributed by atoms with Crippen LogP contribution in [0.3, 0.4) is 0 Å². The molecule has 0 aromatic carbocycles. The fourth-order valence-corrected chi connectivity index (χ4v) is 7.28. The number of unbranched alkanes of at least 4 members (excludes halogenated alkanes) is 20. The van der Waals surface area contributed by atoms with Crippen LogP contribution in [0.1, 0.15) is 181 Å². The van der Waals surface area contributed by atoms with Gasteiger partial charge in [0.05, 0.1) is 23.0 Å². The summed E-state index contributed by atoms with van der Waals surface area (Å²) in [6.45, 7) is 4.49. The molecule has 2 fully saturated rings. The van der Waals surface area contributed by atoms with Crippen LogP contribution in [0.2, 0.25) is 0 Å². The molecule has 5 nitrogen and oxygen atoms in total. The van der Waals surface area contributed by atoms with E-state index in [2.05, 4.69) is 13.8 Å². The standard InChI is InChI=1S/C34H62O5/c1-3-5-7-9-11-13-15-17-19-21-23-25-33(31(35)36)27-29-30(39-29)28-34(33,32(37)38)26-24-22-20-18-16-14-12-10-8-6-4-2/h29-30H,3-28H2,1-2H3,(H,35,36)(H,37,38). The molecule has 0 radical (unpaired) electrons. The molecule has 2 N–H and O–H groups in total. The topological polar surface area (TPSA) is 87.1 Å². The Hall–Kier alpha value is -1.10. The Morgan fingerprint density at radius 3 is 1.03 bits per heavy atom. The summed E-state index contributed by atoms with van der Waals surface area (Å²) in [4.78, 5) is 25.7. The monoisotopic (exact) mass is 550 g/mol. The van der Waals surface area contributed by atoms with Crippen molar-refractivity contribution in [2.75, 3.05) is 0 Å². The molecule has 4 unspecified atom stereocenters. The van der Waals surface area contributed by atoms with Crippen molar-refractivity contribution in [1.29, 1.82) is 0 Å². The Morgan fingerprint density at radius 1 is 0.513 bits per heavy atom. The van der Waals surface area contributed by atoms with Gasteiger partial charge < -0.3 is 14.9 Å². The summed E-state index contributed by atoms with van der Waals surface area (Å²) in [6, 6.07) is 0. The van der Waals surface area contributed by atoms with Gasteiger partial charge in [-0.3, -0.25) is 9.59 Å². The Morgan fingerprint density at radius 2 is 0.769 bits per heavy atom. The molecule has 1 saturated carbocycles. The number of rotatable bonds is 26. The normalized spacial score (nSPS) is 25.9. The smallest absolute Gasteiger partial charge is 0.310 e. The molecule has 0 spiro atoms. The van der Waals surface area contributed by atoms with Crippen LogP contribution in [0.4, 0.5) is 0 Å². The molecular formula is C34H62O5. The molecule has 39 heavy (non-hydrogen) atoms. The van der Waals surface area contributed by atoms with Crippen LogP contribution in [0.15, 0.2) is 0 Å². The number of ether oxygens (including phenoxy) is 1. The predicted octanol–water partition coefficient (Wildman–Crippen LogP) is 10.1. The molecule has 1 saturated heterocycles. The minimum atomic E-state index is -1.20. The molecule has 228 valence electrons. The Kier molecular flexibility index (Phi) is 16.7. The average molecular weight is 551 g/mol. The SMILES string of the molecule is CCCCCCCCCCCCCC1(C(=O)O)CC2OC2CC1(CCCCCCCCCCCCC)C(=O)O. The van der Waals surface area contributed by atoms with E-state index in [0.29, 0.717) is 25.7 Å². The summed E-state index contributed by atoms with van der Waals surface area (Å²) in [5, 5.41) is 21.1. The van der Waals surface area contributed by atoms with Crippen LogP contribution >= 0.6 is 0 Å². The van der Waals surface area contributed by atoms with Crippen molar-refractivity contribution in [2.24, 2.45) is 10.8 Å². The van der Waals surface area contributed by atoms with Crippen LogP contribution in [-0.2, 0) is 14.3 Å². The molecule has 1 aliphatic heterocycles. The van der Waals surface area contributed by atoms with Gasteiger partial charge in [0.1, 0.15) is 0 Å². The van der Waals surface area contributed by atoms with Gasteiger partial charge in [-0.05, 0) is 25.7 Å². The maximum absolute atomic E-state index is 12.9. The first-order chi connectivity index (χ1) is 18.9. The summed E-state index contributed by atoms with van der Waals surface area (Å²) < 4.78 is 5.78. The zero-order valence-corrected chi connectivity index (χ0v) is 25.7. The second-order valence-corrected chi connectivity index (χ2v) is 13.0. The number of carboxylic acids is 2. The van der Waals surface area contributed by atoms with E-state index in [1.54, 1.807) is 0 Å². The summed E-state index contributed by atoms with van der Waals surface area (Å²) in [5.74, 6) is -1.82. The zero-order chi connectivity index (χ0) is 28.4. The fourth-order valence-electron chi connectivity index (χ4n) is 7.28. The lowest BCUT2D eigenvalue weighted by atomic mass is 9.52. The first kappa shape index (κ1) is 34.1. The van der Waals surface area contributed by atoms with E-state index < -0.39 is 22.8 Å². The minimum Gasteiger partial charge on any atom is -0.481 e. The van der Waals surface area contributed by atoms with E-state index in [0.717, 1.165) is 38.5 Å². The lowest BCUT2D eigenvalue weighted by Gasteiger charge is -2.47. The summed E-state index contributed by atoms with van der Waals surface area (Å²) in [7, 11) is 0. The average Bonchev–Trinajstić information content (AvgIpc) is 3.67. The highest BCUT2D eigenvalue weighted by Crippen LogP contribution is 2.61. The number of hydrogen-bond donors (Lipinski definition) is 2. The number of carboxylic acid groups (broad SMARTS) is 2. The zero-order valence-electron chi connectivity index (χ0n) is 25.7. The van der Waals surface area contributed by atoms with Gasteiger partial charge in [0.25, 0.3) is 0 Å². The van der Waals surface area contributed by atoms with Gasteiger partial charge in [-0.15, -0.1) is 0 Å². The van der Waals surface area contributed by atoms with E-state index in [9.17, 15) is 19.8 Å². The van der Waals surface area contributed by atoms with Gasteiger partial charge >= 0.3 is 11.9 Å². The molecule has 1 heterocycles. The first-order valence-corrected chi connectivity index (χ1v) is 17.1. The van der Waals surface area contributed by atoms with Crippen molar-refractivity contribution < 1.29 is 24.5 Å². The van der Waals surface area contributed by atoms with E-state index in [1.807, 2.05) is 0 Å². The first-order valence-electron chi connectivity index (χ1n) is 17.1. The van der Waals surface area contributed by atoms with E-state index in [4.69, 9.17) is 4.74 Å². The highest BCUT2D eigenvalue weighted by Gasteiger charge is 2.69. The van der Waals surface area contributed by atoms with Gasteiger partial charge in [0, 0.05) is 0 Å². The summed E-state index contributed by atoms with van der Waals surface area (Å²) >= 11 is 0. The van der Waals surface area contributed by atoms with Crippen molar-refractivity contribution in [2.45, 2.75) is 193 Å². The maximum Gasteiger partial charge on any atom is 0.310 e. The largest absolute Gasteiger partial charge is 0.481 e. The van der Waals surface area contributed by atoms with Crippen LogP contribution in [0, 0.1) is 10.8 Å².